The van der Waals surface area contributed by atoms with Gasteiger partial charge in [0.2, 0.25) is 0 Å². The number of nitrogens with zero attached hydrogens (tertiary/aromatic N) is 4. The van der Waals surface area contributed by atoms with Crippen LogP contribution in [0.3, 0.4) is 0 Å². The van der Waals surface area contributed by atoms with E-state index in [2.05, 4.69) is 25.9 Å². The normalized spacial score (nSPS) is 16.6. The van der Waals surface area contributed by atoms with Gasteiger partial charge in [-0.2, -0.15) is 0 Å². The third kappa shape index (κ3) is 4.32. The van der Waals surface area contributed by atoms with Gasteiger partial charge in [-0.3, -0.25) is 19.7 Å². The molecule has 0 saturated carbocycles. The van der Waals surface area contributed by atoms with Crippen molar-refractivity contribution >= 4 is 5.71 Å². The molecular formula is C24H24FN5O. The first-order valence-electron chi connectivity index (χ1n) is 10.7. The number of nitrogens with one attached hydrogen (secondary N) is 1. The number of H-pyrrole nitrogens is 1. The topological polar surface area (TPSA) is 74.2 Å². The van der Waals surface area contributed by atoms with Crippen LogP contribution in [0.2, 0.25) is 0 Å². The van der Waals surface area contributed by atoms with E-state index in [0.29, 0.717) is 18.9 Å². The Labute approximate surface area is 179 Å². The van der Waals surface area contributed by atoms with Crippen molar-refractivity contribution in [3.63, 3.8) is 0 Å². The molecule has 7 heteroatoms. The summed E-state index contributed by atoms with van der Waals surface area (Å²) in [7, 11) is 0. The summed E-state index contributed by atoms with van der Waals surface area (Å²) in [6.45, 7) is 2.89. The predicted molar refractivity (Wildman–Crippen MR) is 118 cm³/mol. The molecule has 6 nitrogen and oxygen atoms in total. The van der Waals surface area contributed by atoms with E-state index in [-0.39, 0.29) is 11.4 Å². The number of benzene rings is 1. The van der Waals surface area contributed by atoms with Crippen LogP contribution in [0.4, 0.5) is 4.39 Å². The summed E-state index contributed by atoms with van der Waals surface area (Å²) < 4.78 is 13.2. The second kappa shape index (κ2) is 8.51. The second-order valence-corrected chi connectivity index (χ2v) is 8.17. The maximum absolute atomic E-state index is 13.2. The molecular weight excluding hydrogens is 393 g/mol. The van der Waals surface area contributed by atoms with Gasteiger partial charge < -0.3 is 4.98 Å². The van der Waals surface area contributed by atoms with Crippen molar-refractivity contribution in [1.29, 1.82) is 0 Å². The van der Waals surface area contributed by atoms with E-state index in [1.807, 2.05) is 6.20 Å². The van der Waals surface area contributed by atoms with Crippen LogP contribution in [0.25, 0.3) is 11.1 Å². The Hall–Kier alpha value is -3.19. The van der Waals surface area contributed by atoms with Crippen LogP contribution < -0.4 is 5.56 Å². The number of halogens is 1. The monoisotopic (exact) mass is 417 g/mol. The lowest BCUT2D eigenvalue weighted by molar-refractivity contribution is 0.241. The Balaban J connectivity index is 1.33. The molecule has 1 N–H and O–H groups in total. The molecule has 0 radical (unpaired) electrons. The zero-order valence-electron chi connectivity index (χ0n) is 17.3. The van der Waals surface area contributed by atoms with Crippen LogP contribution >= 0.6 is 0 Å². The molecule has 0 amide bonds. The first-order chi connectivity index (χ1) is 15.2. The van der Waals surface area contributed by atoms with Crippen molar-refractivity contribution < 1.29 is 4.39 Å². The van der Waals surface area contributed by atoms with Gasteiger partial charge in [0.1, 0.15) is 5.82 Å². The Bertz CT molecular complexity index is 1190. The minimum Gasteiger partial charge on any atom is -0.305 e. The van der Waals surface area contributed by atoms with Crippen molar-refractivity contribution in [2.24, 2.45) is 4.99 Å². The van der Waals surface area contributed by atoms with E-state index in [1.165, 1.54) is 12.1 Å². The number of rotatable bonds is 4. The smallest absolute Gasteiger partial charge is 0.255 e. The summed E-state index contributed by atoms with van der Waals surface area (Å²) in [4.78, 5) is 31.6. The second-order valence-electron chi connectivity index (χ2n) is 8.17. The lowest BCUT2D eigenvalue weighted by atomic mass is 10.0. The van der Waals surface area contributed by atoms with Crippen LogP contribution in [-0.2, 0) is 19.5 Å². The molecule has 0 saturated heterocycles. The first kappa shape index (κ1) is 19.8. The van der Waals surface area contributed by atoms with Crippen LogP contribution in [-0.4, -0.2) is 38.7 Å². The summed E-state index contributed by atoms with van der Waals surface area (Å²) in [5.74, 6) is 0.394. The third-order valence-electron chi connectivity index (χ3n) is 5.92. The van der Waals surface area contributed by atoms with Gasteiger partial charge in [-0.05, 0) is 48.6 Å². The van der Waals surface area contributed by atoms with Crippen molar-refractivity contribution in [3.8, 4) is 11.1 Å². The molecule has 0 unspecified atom stereocenters. The largest absolute Gasteiger partial charge is 0.305 e. The van der Waals surface area contributed by atoms with Crippen LogP contribution in [0.5, 0.6) is 0 Å². The van der Waals surface area contributed by atoms with Crippen LogP contribution in [0.15, 0.2) is 52.5 Å². The van der Waals surface area contributed by atoms with Gasteiger partial charge in [-0.25, -0.2) is 9.37 Å². The summed E-state index contributed by atoms with van der Waals surface area (Å²) in [6.07, 6.45) is 7.45. The summed E-state index contributed by atoms with van der Waals surface area (Å²) >= 11 is 0. The van der Waals surface area contributed by atoms with Crippen molar-refractivity contribution in [2.45, 2.75) is 38.8 Å². The van der Waals surface area contributed by atoms with E-state index < -0.39 is 0 Å². The highest BCUT2D eigenvalue weighted by atomic mass is 19.1. The fraction of sp³-hybridized carbons (Fsp3) is 0.333. The van der Waals surface area contributed by atoms with Gasteiger partial charge in [0.25, 0.3) is 5.56 Å². The fourth-order valence-electron chi connectivity index (χ4n) is 4.28. The summed E-state index contributed by atoms with van der Waals surface area (Å²) in [5.41, 5.74) is 5.44. The molecule has 3 aromatic rings. The van der Waals surface area contributed by atoms with Gasteiger partial charge in [0.05, 0.1) is 17.0 Å². The molecule has 158 valence electrons. The predicted octanol–water partition coefficient (Wildman–Crippen LogP) is 3.50. The Morgan fingerprint density at radius 1 is 1.06 bits per heavy atom. The number of aromatic amines is 1. The fourth-order valence-corrected chi connectivity index (χ4v) is 4.28. The highest BCUT2D eigenvalue weighted by Crippen LogP contribution is 2.22. The highest BCUT2D eigenvalue weighted by molar-refractivity contribution is 5.97. The van der Waals surface area contributed by atoms with Crippen LogP contribution in [0.1, 0.15) is 41.9 Å². The zero-order chi connectivity index (χ0) is 21.2. The standard InChI is InChI=1S/C24H24FN5O/c25-19-6-4-17(5-7-19)18-11-16(12-26-13-18)14-30-10-8-21-20(15-30)24(31)29-23(28-21)22-3-1-2-9-27-22/h4-7,11-13H,1-3,8-10,14-15H2,(H,28,29,31). The van der Waals surface area contributed by atoms with Gasteiger partial charge in [-0.1, -0.05) is 12.1 Å². The number of pyridine rings is 1. The van der Waals surface area contributed by atoms with Gasteiger partial charge in [0.15, 0.2) is 5.82 Å². The average Bonchev–Trinajstić information content (AvgIpc) is 2.81. The maximum Gasteiger partial charge on any atom is 0.255 e. The number of hydrogen-bond donors (Lipinski definition) is 1. The van der Waals surface area contributed by atoms with Gasteiger partial charge in [-0.15, -0.1) is 0 Å². The Kier molecular flexibility index (Phi) is 5.42. The summed E-state index contributed by atoms with van der Waals surface area (Å²) in [6, 6.07) is 8.49. The minimum absolute atomic E-state index is 0.0591. The molecule has 0 bridgehead atoms. The Morgan fingerprint density at radius 2 is 1.94 bits per heavy atom. The quantitative estimate of drug-likeness (QED) is 0.705. The molecule has 1 aromatic carbocycles. The number of hydrogen-bond acceptors (Lipinski definition) is 5. The molecule has 2 aliphatic heterocycles. The maximum atomic E-state index is 13.2. The third-order valence-corrected chi connectivity index (χ3v) is 5.92. The van der Waals surface area contributed by atoms with Gasteiger partial charge in [0, 0.05) is 50.6 Å². The van der Waals surface area contributed by atoms with E-state index in [1.54, 1.807) is 18.3 Å². The zero-order valence-corrected chi connectivity index (χ0v) is 17.3. The molecule has 0 aliphatic carbocycles. The molecule has 31 heavy (non-hydrogen) atoms. The van der Waals surface area contributed by atoms with E-state index in [0.717, 1.165) is 72.4 Å². The van der Waals surface area contributed by atoms with Crippen molar-refractivity contribution in [3.05, 3.63) is 81.5 Å². The highest BCUT2D eigenvalue weighted by Gasteiger charge is 2.23. The molecule has 5 rings (SSSR count). The minimum atomic E-state index is -0.252. The van der Waals surface area contributed by atoms with Crippen LogP contribution in [0, 0.1) is 5.82 Å². The molecule has 0 fully saturated rings. The lowest BCUT2D eigenvalue weighted by Crippen LogP contribution is -2.36. The molecule has 4 heterocycles. The number of aromatic nitrogens is 3. The van der Waals surface area contributed by atoms with Crippen molar-refractivity contribution in [1.82, 2.24) is 19.9 Å². The van der Waals surface area contributed by atoms with E-state index >= 15 is 0 Å². The molecule has 2 aliphatic rings. The van der Waals surface area contributed by atoms with Gasteiger partial charge >= 0.3 is 0 Å². The Morgan fingerprint density at radius 3 is 2.74 bits per heavy atom. The molecule has 0 spiro atoms. The number of fused-ring (bicyclic) bond motifs is 1. The molecule has 2 aromatic heterocycles. The molecule has 0 atom stereocenters. The summed E-state index contributed by atoms with van der Waals surface area (Å²) in [5, 5.41) is 0. The SMILES string of the molecule is O=c1[nH]c(C2=NCCCC2)nc2c1CN(Cc1cncc(-c3ccc(F)cc3)c1)CC2. The van der Waals surface area contributed by atoms with Crippen molar-refractivity contribution in [2.75, 3.05) is 13.1 Å². The van der Waals surface area contributed by atoms with E-state index in [4.69, 9.17) is 4.98 Å². The lowest BCUT2D eigenvalue weighted by Gasteiger charge is -2.28. The first-order valence-corrected chi connectivity index (χ1v) is 10.7. The average molecular weight is 417 g/mol. The number of aliphatic imine (C=N–C) groups is 1. The van der Waals surface area contributed by atoms with E-state index in [9.17, 15) is 9.18 Å².